The van der Waals surface area contributed by atoms with Crippen LogP contribution in [0.25, 0.3) is 28.7 Å². The van der Waals surface area contributed by atoms with Crippen molar-refractivity contribution in [1.29, 1.82) is 0 Å². The summed E-state index contributed by atoms with van der Waals surface area (Å²) >= 11 is 12.7. The van der Waals surface area contributed by atoms with Crippen molar-refractivity contribution in [3.8, 4) is 5.69 Å². The van der Waals surface area contributed by atoms with Crippen LogP contribution >= 0.6 is 23.2 Å². The summed E-state index contributed by atoms with van der Waals surface area (Å²) in [6.45, 7) is 0. The van der Waals surface area contributed by atoms with Crippen LogP contribution in [0.1, 0.15) is 11.4 Å². The van der Waals surface area contributed by atoms with Crippen molar-refractivity contribution in [2.75, 3.05) is 0 Å². The van der Waals surface area contributed by atoms with Gasteiger partial charge in [-0.3, -0.25) is 19.5 Å². The molecule has 1 aromatic heterocycles. The average Bonchev–Trinajstić information content (AvgIpc) is 2.74. The van der Waals surface area contributed by atoms with Gasteiger partial charge in [-0.05, 0) is 48.0 Å². The summed E-state index contributed by atoms with van der Waals surface area (Å²) in [5, 5.41) is 11.9. The first-order valence-electron chi connectivity index (χ1n) is 8.84. The topological polar surface area (TPSA) is 78.0 Å². The Morgan fingerprint density at radius 2 is 1.57 bits per heavy atom. The summed E-state index contributed by atoms with van der Waals surface area (Å²) in [5.41, 5.74) is 1.27. The van der Waals surface area contributed by atoms with Crippen molar-refractivity contribution < 1.29 is 4.92 Å². The SMILES string of the molecule is O=c1c2ccccc2nc(/C=C/c2ccc([N+](=O)[O-])cc2)n1-c1c(Cl)cccc1Cl. The Kier molecular flexibility index (Phi) is 5.35. The summed E-state index contributed by atoms with van der Waals surface area (Å²) in [6.07, 6.45) is 3.36. The van der Waals surface area contributed by atoms with Crippen LogP contribution in [-0.4, -0.2) is 14.5 Å². The molecule has 0 unspecified atom stereocenters. The quantitative estimate of drug-likeness (QED) is 0.299. The van der Waals surface area contributed by atoms with Crippen molar-refractivity contribution in [3.05, 3.63) is 109 Å². The summed E-state index contributed by atoms with van der Waals surface area (Å²) in [4.78, 5) is 28.3. The van der Waals surface area contributed by atoms with Gasteiger partial charge in [-0.2, -0.15) is 0 Å². The third-order valence-corrected chi connectivity index (χ3v) is 5.10. The van der Waals surface area contributed by atoms with Crippen LogP contribution in [0.2, 0.25) is 10.0 Å². The second kappa shape index (κ2) is 8.10. The Morgan fingerprint density at radius 3 is 2.23 bits per heavy atom. The van der Waals surface area contributed by atoms with Gasteiger partial charge in [0.05, 0.1) is 31.6 Å². The number of nitrogens with zero attached hydrogens (tertiary/aromatic N) is 3. The monoisotopic (exact) mass is 437 g/mol. The molecular formula is C22H13Cl2N3O3. The number of para-hydroxylation sites is 2. The predicted octanol–water partition coefficient (Wildman–Crippen LogP) is 5.77. The molecule has 0 radical (unpaired) electrons. The molecule has 0 aliphatic heterocycles. The predicted molar refractivity (Wildman–Crippen MR) is 119 cm³/mol. The maximum absolute atomic E-state index is 13.3. The van der Waals surface area contributed by atoms with Gasteiger partial charge in [0.25, 0.3) is 11.2 Å². The molecule has 6 nitrogen and oxygen atoms in total. The van der Waals surface area contributed by atoms with Crippen LogP contribution in [0.3, 0.4) is 0 Å². The number of rotatable bonds is 4. The normalized spacial score (nSPS) is 11.3. The van der Waals surface area contributed by atoms with E-state index >= 15 is 0 Å². The molecule has 148 valence electrons. The van der Waals surface area contributed by atoms with Crippen LogP contribution in [0.5, 0.6) is 0 Å². The molecule has 4 rings (SSSR count). The van der Waals surface area contributed by atoms with Crippen LogP contribution in [0, 0.1) is 10.1 Å². The third-order valence-electron chi connectivity index (χ3n) is 4.49. The zero-order chi connectivity index (χ0) is 21.3. The van der Waals surface area contributed by atoms with Crippen molar-refractivity contribution in [3.63, 3.8) is 0 Å². The molecule has 0 fully saturated rings. The molecule has 0 saturated heterocycles. The summed E-state index contributed by atoms with van der Waals surface area (Å²) < 4.78 is 1.37. The molecule has 3 aromatic carbocycles. The Balaban J connectivity index is 1.92. The molecule has 0 spiro atoms. The van der Waals surface area contributed by atoms with Crippen LogP contribution in [0.15, 0.2) is 71.5 Å². The van der Waals surface area contributed by atoms with Gasteiger partial charge in [0.15, 0.2) is 0 Å². The lowest BCUT2D eigenvalue weighted by molar-refractivity contribution is -0.384. The van der Waals surface area contributed by atoms with Gasteiger partial charge in [0.1, 0.15) is 5.82 Å². The van der Waals surface area contributed by atoms with Crippen LogP contribution in [-0.2, 0) is 0 Å². The van der Waals surface area contributed by atoms with Gasteiger partial charge in [-0.15, -0.1) is 0 Å². The fourth-order valence-electron chi connectivity index (χ4n) is 3.06. The molecule has 4 aromatic rings. The molecule has 30 heavy (non-hydrogen) atoms. The van der Waals surface area contributed by atoms with E-state index in [-0.39, 0.29) is 11.2 Å². The number of fused-ring (bicyclic) bond motifs is 1. The van der Waals surface area contributed by atoms with Gasteiger partial charge in [0, 0.05) is 12.1 Å². The van der Waals surface area contributed by atoms with E-state index in [1.807, 2.05) is 0 Å². The first kappa shape index (κ1) is 19.8. The Hall–Kier alpha value is -3.48. The Bertz CT molecular complexity index is 1340. The molecule has 1 heterocycles. The number of halogens is 2. The second-order valence-electron chi connectivity index (χ2n) is 6.38. The zero-order valence-corrected chi connectivity index (χ0v) is 16.8. The Morgan fingerprint density at radius 1 is 0.900 bits per heavy atom. The average molecular weight is 438 g/mol. The maximum Gasteiger partial charge on any atom is 0.269 e. The maximum atomic E-state index is 13.3. The fraction of sp³-hybridized carbons (Fsp3) is 0. The smallest absolute Gasteiger partial charge is 0.268 e. The lowest BCUT2D eigenvalue weighted by Crippen LogP contribution is -2.23. The van der Waals surface area contributed by atoms with Gasteiger partial charge in [-0.25, -0.2) is 4.98 Å². The van der Waals surface area contributed by atoms with E-state index < -0.39 is 4.92 Å². The molecule has 0 aliphatic carbocycles. The van der Waals surface area contributed by atoms with Gasteiger partial charge < -0.3 is 0 Å². The molecule has 0 atom stereocenters. The largest absolute Gasteiger partial charge is 0.269 e. The third kappa shape index (κ3) is 3.70. The molecule has 0 amide bonds. The highest BCUT2D eigenvalue weighted by Crippen LogP contribution is 2.29. The first-order chi connectivity index (χ1) is 14.5. The minimum Gasteiger partial charge on any atom is -0.268 e. The number of non-ortho nitro benzene ring substituents is 1. The molecular weight excluding hydrogens is 425 g/mol. The highest BCUT2D eigenvalue weighted by molar-refractivity contribution is 6.37. The number of hydrogen-bond donors (Lipinski definition) is 0. The molecule has 0 saturated carbocycles. The molecule has 8 heteroatoms. The molecule has 0 bridgehead atoms. The minimum atomic E-state index is -0.463. The number of hydrogen-bond acceptors (Lipinski definition) is 4. The molecule has 0 N–H and O–H groups in total. The minimum absolute atomic E-state index is 0.00395. The molecule has 0 aliphatic rings. The van der Waals surface area contributed by atoms with Crippen molar-refractivity contribution >= 4 is 51.9 Å². The zero-order valence-electron chi connectivity index (χ0n) is 15.3. The van der Waals surface area contributed by atoms with Crippen molar-refractivity contribution in [2.24, 2.45) is 0 Å². The van der Waals surface area contributed by atoms with E-state index in [9.17, 15) is 14.9 Å². The van der Waals surface area contributed by atoms with Crippen LogP contribution in [0.4, 0.5) is 5.69 Å². The summed E-state index contributed by atoms with van der Waals surface area (Å²) in [7, 11) is 0. The van der Waals surface area contributed by atoms with Crippen molar-refractivity contribution in [1.82, 2.24) is 9.55 Å². The standard InChI is InChI=1S/C22H13Cl2N3O3/c23-17-5-3-6-18(24)21(17)26-20(25-19-7-2-1-4-16(19)22(26)28)13-10-14-8-11-15(12-9-14)27(29)30/h1-13H/b13-10+. The first-order valence-corrected chi connectivity index (χ1v) is 9.60. The van der Waals surface area contributed by atoms with Gasteiger partial charge >= 0.3 is 0 Å². The van der Waals surface area contributed by atoms with Gasteiger partial charge in [-0.1, -0.05) is 47.5 Å². The van der Waals surface area contributed by atoms with E-state index in [2.05, 4.69) is 4.98 Å². The van der Waals surface area contributed by atoms with E-state index in [1.54, 1.807) is 66.7 Å². The van der Waals surface area contributed by atoms with E-state index in [4.69, 9.17) is 23.2 Å². The highest BCUT2D eigenvalue weighted by atomic mass is 35.5. The second-order valence-corrected chi connectivity index (χ2v) is 7.19. The highest BCUT2D eigenvalue weighted by Gasteiger charge is 2.16. The number of aromatic nitrogens is 2. The number of benzene rings is 3. The summed E-state index contributed by atoms with van der Waals surface area (Å²) in [5.74, 6) is 0.326. The van der Waals surface area contributed by atoms with E-state index in [1.165, 1.54) is 16.7 Å². The number of nitro benzene ring substituents is 1. The van der Waals surface area contributed by atoms with Crippen LogP contribution < -0.4 is 5.56 Å². The van der Waals surface area contributed by atoms with E-state index in [0.717, 1.165) is 0 Å². The van der Waals surface area contributed by atoms with Crippen molar-refractivity contribution in [2.45, 2.75) is 0 Å². The fourth-order valence-corrected chi connectivity index (χ4v) is 3.62. The lowest BCUT2D eigenvalue weighted by Gasteiger charge is -2.14. The van der Waals surface area contributed by atoms with Gasteiger partial charge in [0.2, 0.25) is 0 Å². The Labute approximate surface area is 180 Å². The number of nitro groups is 1. The van der Waals surface area contributed by atoms with E-state index in [0.29, 0.717) is 38.0 Å². The lowest BCUT2D eigenvalue weighted by atomic mass is 10.2. The summed E-state index contributed by atoms with van der Waals surface area (Å²) in [6, 6.07) is 18.0.